The maximum Gasteiger partial charge on any atom is 0.194 e. The molecule has 7 heteroatoms. The molecular weight excluding hydrogens is 477 g/mol. The number of hydrogen-bond donors (Lipinski definition) is 1. The van der Waals surface area contributed by atoms with Crippen LogP contribution in [-0.4, -0.2) is 46.7 Å². The van der Waals surface area contributed by atoms with Crippen LogP contribution < -0.4 is 10.1 Å². The van der Waals surface area contributed by atoms with E-state index >= 15 is 0 Å². The van der Waals surface area contributed by atoms with E-state index < -0.39 is 0 Å². The second kappa shape index (κ2) is 11.4. The number of likely N-dealkylation sites (tertiary alicyclic amines) is 1. The predicted molar refractivity (Wildman–Crippen MR) is 129 cm³/mol. The van der Waals surface area contributed by atoms with Crippen molar-refractivity contribution in [3.05, 3.63) is 48.0 Å². The van der Waals surface area contributed by atoms with Gasteiger partial charge in [0.05, 0.1) is 25.5 Å². The van der Waals surface area contributed by atoms with E-state index in [2.05, 4.69) is 58.9 Å². The van der Waals surface area contributed by atoms with Crippen LogP contribution in [0.3, 0.4) is 0 Å². The molecule has 29 heavy (non-hydrogen) atoms. The van der Waals surface area contributed by atoms with Gasteiger partial charge < -0.3 is 19.5 Å². The fourth-order valence-electron chi connectivity index (χ4n) is 3.81. The summed E-state index contributed by atoms with van der Waals surface area (Å²) in [6.07, 6.45) is 7.00. The first-order valence-electron chi connectivity index (χ1n) is 10.3. The summed E-state index contributed by atoms with van der Waals surface area (Å²) in [6, 6.07) is 6.75. The molecule has 1 fully saturated rings. The van der Waals surface area contributed by atoms with Crippen molar-refractivity contribution in [3.8, 4) is 5.75 Å². The van der Waals surface area contributed by atoms with Crippen LogP contribution in [0.5, 0.6) is 5.75 Å². The SMILES string of the molecule is CCNC(=NCc1ccc(OCC)c(C)c1)N1CCC(C)C(n2ccnc2)C1.I. The first-order chi connectivity index (χ1) is 13.6. The number of ether oxygens (including phenoxy) is 1. The molecule has 0 bridgehead atoms. The molecule has 1 aromatic carbocycles. The van der Waals surface area contributed by atoms with E-state index in [-0.39, 0.29) is 24.0 Å². The maximum atomic E-state index is 5.64. The van der Waals surface area contributed by atoms with Crippen LogP contribution in [-0.2, 0) is 6.54 Å². The van der Waals surface area contributed by atoms with Gasteiger partial charge in [0.25, 0.3) is 0 Å². The Balaban J connectivity index is 0.00000300. The number of benzene rings is 1. The fourth-order valence-corrected chi connectivity index (χ4v) is 3.81. The number of hydrogen-bond acceptors (Lipinski definition) is 3. The first kappa shape index (κ1) is 23.5. The molecule has 0 aliphatic carbocycles. The number of aromatic nitrogens is 2. The van der Waals surface area contributed by atoms with Crippen molar-refractivity contribution in [3.63, 3.8) is 0 Å². The lowest BCUT2D eigenvalue weighted by Gasteiger charge is -2.39. The number of guanidine groups is 1. The Kier molecular flexibility index (Phi) is 9.26. The van der Waals surface area contributed by atoms with Crippen LogP contribution >= 0.6 is 24.0 Å². The zero-order valence-electron chi connectivity index (χ0n) is 18.0. The number of aliphatic imine (C=N–C) groups is 1. The van der Waals surface area contributed by atoms with Crippen molar-refractivity contribution in [1.29, 1.82) is 0 Å². The third-order valence-electron chi connectivity index (χ3n) is 5.41. The second-order valence-corrected chi connectivity index (χ2v) is 7.49. The predicted octanol–water partition coefficient (Wildman–Crippen LogP) is 4.26. The average Bonchev–Trinajstić information content (AvgIpc) is 3.22. The van der Waals surface area contributed by atoms with E-state index in [1.165, 1.54) is 5.56 Å². The molecular formula is C22H34IN5O. The fraction of sp³-hybridized carbons (Fsp3) is 0.545. The van der Waals surface area contributed by atoms with Crippen LogP contribution in [0.15, 0.2) is 41.9 Å². The molecule has 2 unspecified atom stereocenters. The van der Waals surface area contributed by atoms with Crippen LogP contribution in [0.2, 0.25) is 0 Å². The summed E-state index contributed by atoms with van der Waals surface area (Å²) in [6.45, 7) is 12.7. The minimum atomic E-state index is 0. The minimum absolute atomic E-state index is 0. The lowest BCUT2D eigenvalue weighted by molar-refractivity contribution is 0.189. The number of piperidine rings is 1. The number of imidazole rings is 1. The summed E-state index contributed by atoms with van der Waals surface area (Å²) in [4.78, 5) is 11.5. The molecule has 1 N–H and O–H groups in total. The highest BCUT2D eigenvalue weighted by atomic mass is 127. The Morgan fingerprint density at radius 3 is 2.83 bits per heavy atom. The van der Waals surface area contributed by atoms with Gasteiger partial charge in [-0.05, 0) is 50.3 Å². The van der Waals surface area contributed by atoms with E-state index in [1.54, 1.807) is 0 Å². The first-order valence-corrected chi connectivity index (χ1v) is 10.3. The average molecular weight is 511 g/mol. The summed E-state index contributed by atoms with van der Waals surface area (Å²) >= 11 is 0. The number of nitrogens with zero attached hydrogens (tertiary/aromatic N) is 4. The molecule has 0 amide bonds. The van der Waals surface area contributed by atoms with Crippen LogP contribution in [0.4, 0.5) is 0 Å². The van der Waals surface area contributed by atoms with E-state index in [1.807, 2.05) is 25.5 Å². The van der Waals surface area contributed by atoms with E-state index in [0.29, 0.717) is 25.1 Å². The van der Waals surface area contributed by atoms with Gasteiger partial charge in [0.1, 0.15) is 5.75 Å². The van der Waals surface area contributed by atoms with Gasteiger partial charge in [-0.2, -0.15) is 0 Å². The van der Waals surface area contributed by atoms with Gasteiger partial charge in [0.15, 0.2) is 5.96 Å². The molecule has 1 aliphatic heterocycles. The Morgan fingerprint density at radius 1 is 1.34 bits per heavy atom. The highest BCUT2D eigenvalue weighted by molar-refractivity contribution is 14.0. The Morgan fingerprint density at radius 2 is 2.17 bits per heavy atom. The molecule has 1 saturated heterocycles. The molecule has 0 radical (unpaired) electrons. The molecule has 3 rings (SSSR count). The van der Waals surface area contributed by atoms with Crippen LogP contribution in [0.25, 0.3) is 0 Å². The Labute approximate surface area is 191 Å². The van der Waals surface area contributed by atoms with Crippen LogP contribution in [0.1, 0.15) is 44.4 Å². The number of nitrogens with one attached hydrogen (secondary N) is 1. The minimum Gasteiger partial charge on any atom is -0.494 e. The quantitative estimate of drug-likeness (QED) is 0.358. The summed E-state index contributed by atoms with van der Waals surface area (Å²) in [5.74, 6) is 2.57. The molecule has 1 aliphatic rings. The molecule has 2 heterocycles. The van der Waals surface area contributed by atoms with Crippen molar-refractivity contribution in [2.45, 2.75) is 46.7 Å². The van der Waals surface area contributed by atoms with Gasteiger partial charge in [0.2, 0.25) is 0 Å². The van der Waals surface area contributed by atoms with Gasteiger partial charge in [-0.15, -0.1) is 24.0 Å². The Hall–Kier alpha value is -1.77. The van der Waals surface area contributed by atoms with Crippen molar-refractivity contribution >= 4 is 29.9 Å². The van der Waals surface area contributed by atoms with E-state index in [0.717, 1.165) is 43.3 Å². The summed E-state index contributed by atoms with van der Waals surface area (Å²) in [5.41, 5.74) is 2.36. The van der Waals surface area contributed by atoms with E-state index in [9.17, 15) is 0 Å². The Bertz CT molecular complexity index is 778. The molecule has 2 aromatic rings. The van der Waals surface area contributed by atoms with Gasteiger partial charge in [-0.3, -0.25) is 0 Å². The molecule has 0 spiro atoms. The number of rotatable bonds is 6. The maximum absolute atomic E-state index is 5.64. The third-order valence-corrected chi connectivity index (χ3v) is 5.41. The molecule has 1 aromatic heterocycles. The normalized spacial score (nSPS) is 19.6. The molecule has 6 nitrogen and oxygen atoms in total. The number of halogens is 1. The van der Waals surface area contributed by atoms with Gasteiger partial charge >= 0.3 is 0 Å². The van der Waals surface area contributed by atoms with Gasteiger partial charge in [-0.25, -0.2) is 9.98 Å². The van der Waals surface area contributed by atoms with Crippen molar-refractivity contribution in [2.75, 3.05) is 26.2 Å². The summed E-state index contributed by atoms with van der Waals surface area (Å²) < 4.78 is 7.88. The zero-order valence-corrected chi connectivity index (χ0v) is 20.3. The number of aryl methyl sites for hydroxylation is 1. The third kappa shape index (κ3) is 6.10. The second-order valence-electron chi connectivity index (χ2n) is 7.49. The standard InChI is InChI=1S/C22H33N5O.HI/c1-5-24-22(25-14-19-7-8-21(28-6-2)18(4)13-19)26-11-9-17(3)20(15-26)27-12-10-23-16-27;/h7-8,10,12-13,16-17,20H,5-6,9,11,14-15H2,1-4H3,(H,24,25);1H. The lowest BCUT2D eigenvalue weighted by Crippen LogP contribution is -2.49. The largest absolute Gasteiger partial charge is 0.494 e. The lowest BCUT2D eigenvalue weighted by atomic mass is 9.93. The summed E-state index contributed by atoms with van der Waals surface area (Å²) in [7, 11) is 0. The summed E-state index contributed by atoms with van der Waals surface area (Å²) in [5, 5.41) is 3.48. The van der Waals surface area contributed by atoms with Crippen molar-refractivity contribution < 1.29 is 4.74 Å². The highest BCUT2D eigenvalue weighted by Gasteiger charge is 2.28. The van der Waals surface area contributed by atoms with E-state index in [4.69, 9.17) is 9.73 Å². The zero-order chi connectivity index (χ0) is 19.9. The van der Waals surface area contributed by atoms with Gasteiger partial charge in [0, 0.05) is 32.0 Å². The molecule has 160 valence electrons. The van der Waals surface area contributed by atoms with Crippen molar-refractivity contribution in [1.82, 2.24) is 19.8 Å². The smallest absolute Gasteiger partial charge is 0.194 e. The van der Waals surface area contributed by atoms with Crippen molar-refractivity contribution in [2.24, 2.45) is 10.9 Å². The highest BCUT2D eigenvalue weighted by Crippen LogP contribution is 2.27. The monoisotopic (exact) mass is 511 g/mol. The molecule has 0 saturated carbocycles. The molecule has 2 atom stereocenters. The van der Waals surface area contributed by atoms with Gasteiger partial charge in [-0.1, -0.05) is 19.1 Å². The topological polar surface area (TPSA) is 54.7 Å². The van der Waals surface area contributed by atoms with Crippen LogP contribution in [0, 0.1) is 12.8 Å².